The molecule has 0 aliphatic heterocycles. The van der Waals surface area contributed by atoms with Gasteiger partial charge in [-0.2, -0.15) is 0 Å². The van der Waals surface area contributed by atoms with Gasteiger partial charge in [-0.05, 0) is 6.16 Å². The molecule has 0 aliphatic rings. The number of hydrogen-bond donors (Lipinski definition) is 0. The summed E-state index contributed by atoms with van der Waals surface area (Å²) in [5.41, 5.74) is 0. The predicted molar refractivity (Wildman–Crippen MR) is 5.40 cm³/mol. The van der Waals surface area contributed by atoms with Gasteiger partial charge < -0.3 is 15.0 Å². The molecule has 0 aromatic rings. The van der Waals surface area contributed by atoms with Crippen molar-refractivity contribution >= 4 is 6.16 Å². The summed E-state index contributed by atoms with van der Waals surface area (Å²) < 4.78 is 0. The van der Waals surface area contributed by atoms with Crippen molar-refractivity contribution in [3.05, 3.63) is 0 Å². The van der Waals surface area contributed by atoms with Gasteiger partial charge in [-0.1, -0.05) is 0 Å². The van der Waals surface area contributed by atoms with Gasteiger partial charge in [-0.25, -0.2) is 0 Å². The molecule has 0 N–H and O–H groups in total. The summed E-state index contributed by atoms with van der Waals surface area (Å²) in [7, 11) is 0. The van der Waals surface area contributed by atoms with Gasteiger partial charge in [0, 0.05) is 0 Å². The molecule has 6 heteroatoms. The molecule has 0 saturated heterocycles. The first-order valence-corrected chi connectivity index (χ1v) is 0.612. The summed E-state index contributed by atoms with van der Waals surface area (Å²) in [6.45, 7) is 0. The molecule has 0 fully saturated rings. The van der Waals surface area contributed by atoms with Gasteiger partial charge in [-0.3, -0.25) is 0 Å². The zero-order chi connectivity index (χ0) is 3.58. The summed E-state index contributed by atoms with van der Waals surface area (Å²) in [5, 5.41) is 16.7. The van der Waals surface area contributed by atoms with E-state index in [9.17, 15) is 0 Å². The minimum atomic E-state index is -2.33. The second-order valence-electron chi connectivity index (χ2n) is 0.250. The Morgan fingerprint density at radius 1 is 1.29 bits per heavy atom. The third-order valence-corrected chi connectivity index (χ3v) is 0. The SMILES string of the molecule is O=C([O-])[O-].[Ce+3].[La+3].[Pr+3]. The topological polar surface area (TPSA) is 63.2 Å². The monoisotopic (exact) mass is 480 g/mol. The smallest absolute Gasteiger partial charge is 0.652 e. The van der Waals surface area contributed by atoms with Gasteiger partial charge in [0.05, 0.1) is 0 Å². The normalized spacial score (nSPS) is 3.43. The maximum absolute atomic E-state index is 8.33. The molecule has 0 heterocycles. The first-order valence-electron chi connectivity index (χ1n) is 0.612. The Hall–Kier alpha value is 3.21. The van der Waals surface area contributed by atoms with Crippen molar-refractivity contribution in [2.24, 2.45) is 0 Å². The van der Waals surface area contributed by atoms with Crippen molar-refractivity contribution in [2.75, 3.05) is 0 Å². The van der Waals surface area contributed by atoms with Crippen molar-refractivity contribution < 1.29 is 134 Å². The second kappa shape index (κ2) is 16.1. The number of carbonyl (C=O) groups is 1. The molecule has 0 spiro atoms. The molecule has 0 saturated carbocycles. The fourth-order valence-electron chi connectivity index (χ4n) is 0. The molecule has 0 unspecified atom stereocenters. The summed E-state index contributed by atoms with van der Waals surface area (Å²) >= 11 is 0. The van der Waals surface area contributed by atoms with Crippen LogP contribution in [0.4, 0.5) is 4.79 Å². The van der Waals surface area contributed by atoms with Crippen LogP contribution in [0.1, 0.15) is 0 Å². The summed E-state index contributed by atoms with van der Waals surface area (Å²) in [4.78, 5) is 8.33. The number of rotatable bonds is 0. The third kappa shape index (κ3) is 46.5. The van der Waals surface area contributed by atoms with E-state index in [0.29, 0.717) is 0 Å². The van der Waals surface area contributed by atoms with E-state index in [1.807, 2.05) is 0 Å². The van der Waals surface area contributed by atoms with Crippen molar-refractivity contribution in [3.63, 3.8) is 0 Å². The Morgan fingerprint density at radius 2 is 1.29 bits per heavy atom. The molecule has 0 aromatic carbocycles. The van der Waals surface area contributed by atoms with Gasteiger partial charge in [-0.15, -0.1) is 0 Å². The molecule has 0 aliphatic carbocycles. The third-order valence-electron chi connectivity index (χ3n) is 0. The maximum Gasteiger partial charge on any atom is 3.00 e. The van der Waals surface area contributed by atoms with E-state index in [1.165, 1.54) is 0 Å². The van der Waals surface area contributed by atoms with Crippen LogP contribution < -0.4 is 10.2 Å². The van der Waals surface area contributed by atoms with Crippen molar-refractivity contribution in [2.45, 2.75) is 0 Å². The van der Waals surface area contributed by atoms with Crippen LogP contribution >= 0.6 is 0 Å². The standard InChI is InChI=1S/CH2O3.Ce.La.Pr/c2-1(3)4;;;/h(H2,2,3,4);;;/q;3*+3/p-2. The van der Waals surface area contributed by atoms with Gasteiger partial charge in [0.15, 0.2) is 0 Å². The molecule has 1 radical (unpaired) electrons. The van der Waals surface area contributed by atoms with E-state index in [1.54, 1.807) is 0 Å². The Bertz CT molecular complexity index is 37.9. The van der Waals surface area contributed by atoms with E-state index < -0.39 is 6.16 Å². The molecule has 3 nitrogen and oxygen atoms in total. The van der Waals surface area contributed by atoms with Crippen molar-refractivity contribution in [3.8, 4) is 0 Å². The van der Waals surface area contributed by atoms with Gasteiger partial charge >= 0.3 is 119 Å². The first kappa shape index (κ1) is 22.5. The van der Waals surface area contributed by atoms with Crippen molar-refractivity contribution in [1.29, 1.82) is 0 Å². The molecule has 0 bridgehead atoms. The zero-order valence-corrected chi connectivity index (χ0v) is 13.8. The average Bonchev–Trinajstić information content (AvgIpc) is 0.811. The number of carbonyl (C=O) groups excluding carboxylic acids is 1. The van der Waals surface area contributed by atoms with E-state index in [2.05, 4.69) is 0 Å². The molecular weight excluding hydrogens is 480 g/mol. The average molecular weight is 480 g/mol. The Labute approximate surface area is 136 Å². The van der Waals surface area contributed by atoms with Crippen LogP contribution in [0.5, 0.6) is 0 Å². The van der Waals surface area contributed by atoms with E-state index >= 15 is 0 Å². The van der Waals surface area contributed by atoms with Crippen LogP contribution in [-0.4, -0.2) is 6.16 Å². The largest absolute Gasteiger partial charge is 3.00 e. The molecule has 0 amide bonds. The Kier molecular flexibility index (Phi) is 51.6. The quantitative estimate of drug-likeness (QED) is 0.388. The van der Waals surface area contributed by atoms with Crippen LogP contribution in [0.2, 0.25) is 0 Å². The summed E-state index contributed by atoms with van der Waals surface area (Å²) in [6.07, 6.45) is -2.33. The van der Waals surface area contributed by atoms with Crippen molar-refractivity contribution in [1.82, 2.24) is 0 Å². The minimum Gasteiger partial charge on any atom is -0.652 e. The van der Waals surface area contributed by atoms with Crippen LogP contribution in [0.15, 0.2) is 0 Å². The van der Waals surface area contributed by atoms with E-state index in [0.717, 1.165) is 0 Å². The predicted octanol–water partition coefficient (Wildman–Crippen LogP) is -2.45. The number of hydrogen-bond acceptors (Lipinski definition) is 3. The van der Waals surface area contributed by atoms with Crippen LogP contribution in [0.3, 0.4) is 0 Å². The van der Waals surface area contributed by atoms with Gasteiger partial charge in [0.25, 0.3) is 0 Å². The summed E-state index contributed by atoms with van der Waals surface area (Å²) in [6, 6.07) is 0. The van der Waals surface area contributed by atoms with Crippen LogP contribution in [0, 0.1) is 119 Å². The van der Waals surface area contributed by atoms with Gasteiger partial charge in [0.1, 0.15) is 0 Å². The number of carboxylic acid groups (broad SMARTS) is 2. The van der Waals surface area contributed by atoms with Crippen LogP contribution in [0.25, 0.3) is 0 Å². The molecule has 0 atom stereocenters. The maximum atomic E-state index is 8.33. The first-order chi connectivity index (χ1) is 1.73. The van der Waals surface area contributed by atoms with E-state index in [4.69, 9.17) is 15.0 Å². The molecule has 25 valence electrons. The van der Waals surface area contributed by atoms with E-state index in [-0.39, 0.29) is 119 Å². The molecule has 0 rings (SSSR count). The van der Waals surface area contributed by atoms with Crippen LogP contribution in [-0.2, 0) is 0 Å². The minimum absolute atomic E-state index is 0. The fraction of sp³-hybridized carbons (Fsp3) is 0. The Morgan fingerprint density at radius 3 is 1.29 bits per heavy atom. The Balaban J connectivity index is -0.0000000150. The van der Waals surface area contributed by atoms with Gasteiger partial charge in [0.2, 0.25) is 0 Å². The summed E-state index contributed by atoms with van der Waals surface area (Å²) in [5.74, 6) is 0. The second-order valence-corrected chi connectivity index (χ2v) is 0.250. The molecule has 7 heavy (non-hydrogen) atoms. The zero-order valence-electron chi connectivity index (χ0n) is 3.38. The molecule has 0 aromatic heterocycles. The molecular formula is CCeLaO3Pr+7. The fourth-order valence-corrected chi connectivity index (χ4v) is 0.